The Bertz CT molecular complexity index is 1090. The lowest BCUT2D eigenvalue weighted by Crippen LogP contribution is -1.89. The second-order valence-corrected chi connectivity index (χ2v) is 7.89. The van der Waals surface area contributed by atoms with E-state index in [1.807, 2.05) is 24.3 Å². The van der Waals surface area contributed by atoms with Crippen molar-refractivity contribution in [3.63, 3.8) is 0 Å². The number of carbonyl (C=O) groups is 1. The molecule has 1 heterocycles. The first-order chi connectivity index (χ1) is 15.0. The molecule has 0 spiro atoms. The van der Waals surface area contributed by atoms with Gasteiger partial charge in [0, 0.05) is 27.6 Å². The van der Waals surface area contributed by atoms with Crippen LogP contribution in [-0.2, 0) is 14.4 Å². The minimum absolute atomic E-state index is 0.250. The molecular formula is C20H18Br2Cl2N2O6. The summed E-state index contributed by atoms with van der Waals surface area (Å²) in [6, 6.07) is 10.7. The van der Waals surface area contributed by atoms with Crippen molar-refractivity contribution in [1.82, 2.24) is 4.98 Å². The molecule has 172 valence electrons. The number of nitrogens with two attached hydrogens (primary N) is 1. The predicted molar refractivity (Wildman–Crippen MR) is 129 cm³/mol. The van der Waals surface area contributed by atoms with Crippen molar-refractivity contribution in [1.29, 1.82) is 0 Å². The van der Waals surface area contributed by atoms with Crippen LogP contribution >= 0.6 is 55.1 Å². The SMILES string of the molecule is CC(=O)O.COc1ccc(Br)c(N)c1.COc1ccc(Br)c2nc(Cl)cc(Cl)c12.O=C=O. The highest BCUT2D eigenvalue weighted by Crippen LogP contribution is 2.36. The second kappa shape index (κ2) is 15.4. The summed E-state index contributed by atoms with van der Waals surface area (Å²) in [5.41, 5.74) is 6.96. The highest BCUT2D eigenvalue weighted by atomic mass is 79.9. The van der Waals surface area contributed by atoms with E-state index in [2.05, 4.69) is 36.8 Å². The molecule has 3 rings (SSSR count). The van der Waals surface area contributed by atoms with Crippen molar-refractivity contribution >= 4 is 83.8 Å². The zero-order chi connectivity index (χ0) is 24.8. The molecule has 0 bridgehead atoms. The number of halogens is 4. The zero-order valence-corrected chi connectivity index (χ0v) is 21.7. The summed E-state index contributed by atoms with van der Waals surface area (Å²) in [4.78, 5) is 29.4. The molecule has 0 aliphatic carbocycles. The molecule has 1 aromatic heterocycles. The number of aromatic nitrogens is 1. The third-order valence-corrected chi connectivity index (χ3v) is 5.07. The predicted octanol–water partition coefficient (Wildman–Crippen LogP) is 5.86. The van der Waals surface area contributed by atoms with Crippen LogP contribution < -0.4 is 15.2 Å². The Morgan fingerprint density at radius 3 is 2.06 bits per heavy atom. The lowest BCUT2D eigenvalue weighted by molar-refractivity contribution is -0.191. The number of benzene rings is 2. The van der Waals surface area contributed by atoms with Gasteiger partial charge in [-0.05, 0) is 62.2 Å². The average molecular weight is 613 g/mol. The number of carbonyl (C=O) groups excluding carboxylic acids is 2. The Balaban J connectivity index is 0.000000487. The second-order valence-electron chi connectivity index (χ2n) is 5.39. The molecule has 2 aromatic carbocycles. The Morgan fingerprint density at radius 2 is 1.59 bits per heavy atom. The summed E-state index contributed by atoms with van der Waals surface area (Å²) in [5.74, 6) is 0.628. The third-order valence-electron chi connectivity index (χ3n) is 3.22. The topological polar surface area (TPSA) is 129 Å². The van der Waals surface area contributed by atoms with Crippen molar-refractivity contribution in [3.8, 4) is 11.5 Å². The fraction of sp³-hybridized carbons (Fsp3) is 0.150. The van der Waals surface area contributed by atoms with E-state index >= 15 is 0 Å². The number of ether oxygens (including phenoxy) is 2. The summed E-state index contributed by atoms with van der Waals surface area (Å²) in [5, 5.41) is 9.07. The van der Waals surface area contributed by atoms with Gasteiger partial charge < -0.3 is 20.3 Å². The maximum atomic E-state index is 9.00. The molecular weight excluding hydrogens is 595 g/mol. The summed E-state index contributed by atoms with van der Waals surface area (Å²) in [6.45, 7) is 1.08. The molecule has 0 saturated heterocycles. The first kappa shape index (κ1) is 29.6. The minimum Gasteiger partial charge on any atom is -0.497 e. The Morgan fingerprint density at radius 1 is 1.06 bits per heavy atom. The van der Waals surface area contributed by atoms with Crippen LogP contribution in [0.15, 0.2) is 45.3 Å². The standard InChI is InChI=1S/C10H6BrCl2NO.C7H8BrNO.C2H4O2.CO2/c1-15-7-3-2-5(11)10-9(7)6(12)4-8(13)14-10;1-10-5-2-3-6(8)7(9)4-5;1-2(3)4;2-1-3/h2-4H,1H3;2-4H,9H2,1H3;1H3,(H,3,4);. The molecule has 0 atom stereocenters. The van der Waals surface area contributed by atoms with Gasteiger partial charge in [0.2, 0.25) is 0 Å². The number of carboxylic acid groups (broad SMARTS) is 1. The van der Waals surface area contributed by atoms with Crippen LogP contribution in [0.25, 0.3) is 10.9 Å². The zero-order valence-electron chi connectivity index (χ0n) is 17.0. The molecule has 0 amide bonds. The Hall–Kier alpha value is -2.36. The minimum atomic E-state index is -0.833. The van der Waals surface area contributed by atoms with E-state index in [9.17, 15) is 0 Å². The number of rotatable bonds is 2. The monoisotopic (exact) mass is 610 g/mol. The van der Waals surface area contributed by atoms with Gasteiger partial charge in [0.05, 0.1) is 30.1 Å². The largest absolute Gasteiger partial charge is 0.497 e. The Kier molecular flexibility index (Phi) is 14.3. The molecule has 0 fully saturated rings. The van der Waals surface area contributed by atoms with Gasteiger partial charge in [-0.25, -0.2) is 4.98 Å². The summed E-state index contributed by atoms with van der Waals surface area (Å²) in [6.07, 6.45) is 0.250. The van der Waals surface area contributed by atoms with E-state index in [4.69, 9.17) is 57.9 Å². The van der Waals surface area contributed by atoms with Crippen LogP contribution in [0, 0.1) is 0 Å². The molecule has 0 unspecified atom stereocenters. The van der Waals surface area contributed by atoms with Gasteiger partial charge in [-0.2, -0.15) is 9.59 Å². The maximum Gasteiger partial charge on any atom is 0.373 e. The number of methoxy groups -OCH3 is 2. The van der Waals surface area contributed by atoms with Gasteiger partial charge in [0.25, 0.3) is 5.97 Å². The number of nitrogen functional groups attached to an aromatic ring is 1. The van der Waals surface area contributed by atoms with Crippen molar-refractivity contribution in [2.24, 2.45) is 0 Å². The van der Waals surface area contributed by atoms with Crippen LogP contribution in [0.3, 0.4) is 0 Å². The lowest BCUT2D eigenvalue weighted by atomic mass is 10.2. The van der Waals surface area contributed by atoms with Crippen LogP contribution in [0.1, 0.15) is 6.92 Å². The summed E-state index contributed by atoms with van der Waals surface area (Å²) >= 11 is 18.6. The molecule has 0 radical (unpaired) electrons. The molecule has 12 heteroatoms. The van der Waals surface area contributed by atoms with E-state index in [0.717, 1.165) is 27.0 Å². The first-order valence-electron chi connectivity index (χ1n) is 8.28. The highest BCUT2D eigenvalue weighted by molar-refractivity contribution is 9.11. The first-order valence-corrected chi connectivity index (χ1v) is 10.6. The third kappa shape index (κ3) is 10.3. The number of hydrogen-bond acceptors (Lipinski definition) is 7. The molecule has 32 heavy (non-hydrogen) atoms. The van der Waals surface area contributed by atoms with Crippen molar-refractivity contribution in [3.05, 3.63) is 55.5 Å². The Labute approximate surface area is 210 Å². The molecule has 8 nitrogen and oxygen atoms in total. The highest BCUT2D eigenvalue weighted by Gasteiger charge is 2.11. The van der Waals surface area contributed by atoms with Gasteiger partial charge in [-0.3, -0.25) is 4.79 Å². The van der Waals surface area contributed by atoms with E-state index in [1.54, 1.807) is 26.4 Å². The van der Waals surface area contributed by atoms with Gasteiger partial charge in [-0.15, -0.1) is 0 Å². The smallest absolute Gasteiger partial charge is 0.373 e. The summed E-state index contributed by atoms with van der Waals surface area (Å²) in [7, 11) is 3.20. The average Bonchev–Trinajstić information content (AvgIpc) is 2.71. The number of nitrogens with zero attached hydrogens (tertiary/aromatic N) is 1. The fourth-order valence-electron chi connectivity index (χ4n) is 2.02. The number of anilines is 1. The molecule has 0 aliphatic rings. The number of pyridine rings is 1. The van der Waals surface area contributed by atoms with Crippen molar-refractivity contribution < 1.29 is 29.0 Å². The van der Waals surface area contributed by atoms with Crippen LogP contribution in [0.4, 0.5) is 5.69 Å². The number of carboxylic acids is 1. The number of hydrogen-bond donors (Lipinski definition) is 2. The van der Waals surface area contributed by atoms with E-state index in [1.165, 1.54) is 0 Å². The van der Waals surface area contributed by atoms with Crippen LogP contribution in [-0.4, -0.2) is 36.4 Å². The van der Waals surface area contributed by atoms with Gasteiger partial charge in [0.1, 0.15) is 16.7 Å². The fourth-order valence-corrected chi connectivity index (χ4v) is 3.22. The lowest BCUT2D eigenvalue weighted by Gasteiger charge is -2.08. The molecule has 0 saturated carbocycles. The van der Waals surface area contributed by atoms with Crippen molar-refractivity contribution in [2.75, 3.05) is 20.0 Å². The van der Waals surface area contributed by atoms with Crippen LogP contribution in [0.5, 0.6) is 11.5 Å². The van der Waals surface area contributed by atoms with Gasteiger partial charge in [-0.1, -0.05) is 23.2 Å². The van der Waals surface area contributed by atoms with Crippen LogP contribution in [0.2, 0.25) is 10.2 Å². The summed E-state index contributed by atoms with van der Waals surface area (Å²) < 4.78 is 11.9. The van der Waals surface area contributed by atoms with Gasteiger partial charge in [0.15, 0.2) is 0 Å². The maximum absolute atomic E-state index is 9.00. The van der Waals surface area contributed by atoms with E-state index < -0.39 is 5.97 Å². The molecule has 3 aromatic rings. The number of aliphatic carboxylic acids is 1. The molecule has 3 N–H and O–H groups in total. The molecule has 0 aliphatic heterocycles. The number of fused-ring (bicyclic) bond motifs is 1. The quantitative estimate of drug-likeness (QED) is 0.272. The van der Waals surface area contributed by atoms with E-state index in [0.29, 0.717) is 27.1 Å². The van der Waals surface area contributed by atoms with Crippen molar-refractivity contribution in [2.45, 2.75) is 6.92 Å². The van der Waals surface area contributed by atoms with Gasteiger partial charge >= 0.3 is 6.15 Å². The normalized spacial score (nSPS) is 8.97. The van der Waals surface area contributed by atoms with E-state index in [-0.39, 0.29) is 6.15 Å².